The molecule has 1 amide bonds. The number of rotatable bonds is 7. The Hall–Kier alpha value is -3.93. The van der Waals surface area contributed by atoms with E-state index in [-0.39, 0.29) is 17.9 Å². The van der Waals surface area contributed by atoms with Crippen LogP contribution >= 0.6 is 0 Å². The molecule has 5 nitrogen and oxygen atoms in total. The molecule has 3 aromatic carbocycles. The lowest BCUT2D eigenvalue weighted by molar-refractivity contribution is -0.140. The lowest BCUT2D eigenvalue weighted by atomic mass is 9.95. The summed E-state index contributed by atoms with van der Waals surface area (Å²) in [5, 5.41) is 11.2. The van der Waals surface area contributed by atoms with Crippen LogP contribution in [0.1, 0.15) is 36.1 Å². The maximum absolute atomic E-state index is 13.6. The van der Waals surface area contributed by atoms with Crippen LogP contribution in [0.15, 0.2) is 84.4 Å². The predicted octanol–water partition coefficient (Wildman–Crippen LogP) is 5.24. The molecule has 0 radical (unpaired) electrons. The maximum Gasteiger partial charge on any atom is 0.295 e. The first kappa shape index (κ1) is 22.3. The van der Waals surface area contributed by atoms with Crippen molar-refractivity contribution in [2.75, 3.05) is 6.61 Å². The van der Waals surface area contributed by atoms with E-state index in [1.165, 1.54) is 29.2 Å². The van der Waals surface area contributed by atoms with Crippen molar-refractivity contribution in [3.63, 3.8) is 0 Å². The second-order valence-electron chi connectivity index (χ2n) is 7.84. The molecule has 0 saturated carbocycles. The minimum absolute atomic E-state index is 0.0322. The summed E-state index contributed by atoms with van der Waals surface area (Å²) in [5.74, 6) is -1.66. The standard InChI is InChI=1S/C27H24FNO4/c1-2-15-33-22-10-6-9-20(16-22)25(30)23-24(19-11-13-21(28)14-12-19)29(27(32)26(23)31)17-18-7-4-3-5-8-18/h3-14,16,24,30H,2,15,17H2,1H3. The van der Waals surface area contributed by atoms with Gasteiger partial charge in [0.1, 0.15) is 17.3 Å². The van der Waals surface area contributed by atoms with Crippen LogP contribution in [0.3, 0.4) is 0 Å². The van der Waals surface area contributed by atoms with Crippen LogP contribution in [0, 0.1) is 5.82 Å². The maximum atomic E-state index is 13.6. The molecule has 0 bridgehead atoms. The van der Waals surface area contributed by atoms with Crippen molar-refractivity contribution in [3.05, 3.63) is 107 Å². The van der Waals surface area contributed by atoms with Gasteiger partial charge in [-0.15, -0.1) is 0 Å². The highest BCUT2D eigenvalue weighted by Crippen LogP contribution is 2.40. The van der Waals surface area contributed by atoms with Crippen molar-refractivity contribution in [1.29, 1.82) is 0 Å². The zero-order valence-electron chi connectivity index (χ0n) is 18.2. The van der Waals surface area contributed by atoms with E-state index in [2.05, 4.69) is 0 Å². The van der Waals surface area contributed by atoms with Gasteiger partial charge in [0.2, 0.25) is 0 Å². The first-order chi connectivity index (χ1) is 16.0. The lowest BCUT2D eigenvalue weighted by Crippen LogP contribution is -2.29. The number of aliphatic hydroxyl groups is 1. The summed E-state index contributed by atoms with van der Waals surface area (Å²) in [6.45, 7) is 2.67. The van der Waals surface area contributed by atoms with Crippen molar-refractivity contribution >= 4 is 17.4 Å². The molecule has 1 unspecified atom stereocenters. The Morgan fingerprint density at radius 1 is 1.00 bits per heavy atom. The Balaban J connectivity index is 1.81. The second kappa shape index (κ2) is 9.69. The van der Waals surface area contributed by atoms with E-state index >= 15 is 0 Å². The van der Waals surface area contributed by atoms with E-state index in [0.29, 0.717) is 23.5 Å². The van der Waals surface area contributed by atoms with Crippen molar-refractivity contribution < 1.29 is 23.8 Å². The summed E-state index contributed by atoms with van der Waals surface area (Å²) >= 11 is 0. The van der Waals surface area contributed by atoms with Gasteiger partial charge >= 0.3 is 0 Å². The van der Waals surface area contributed by atoms with Crippen molar-refractivity contribution in [3.8, 4) is 5.75 Å². The van der Waals surface area contributed by atoms with E-state index in [4.69, 9.17) is 4.74 Å². The normalized spacial score (nSPS) is 17.4. The molecule has 3 aromatic rings. The molecule has 0 spiro atoms. The number of nitrogens with zero attached hydrogens (tertiary/aromatic N) is 1. The van der Waals surface area contributed by atoms with Crippen LogP contribution < -0.4 is 4.74 Å². The molecule has 1 N–H and O–H groups in total. The van der Waals surface area contributed by atoms with Crippen LogP contribution in [0.25, 0.3) is 5.76 Å². The fourth-order valence-electron chi connectivity index (χ4n) is 3.92. The number of amides is 1. The van der Waals surface area contributed by atoms with E-state index in [0.717, 1.165) is 12.0 Å². The number of Topliss-reactive ketones (excluding diaryl/α,β-unsaturated/α-hetero) is 1. The van der Waals surface area contributed by atoms with E-state index < -0.39 is 23.5 Å². The molecule has 0 aromatic heterocycles. The zero-order chi connectivity index (χ0) is 23.4. The topological polar surface area (TPSA) is 66.8 Å². The van der Waals surface area contributed by atoms with Crippen molar-refractivity contribution in [2.24, 2.45) is 0 Å². The van der Waals surface area contributed by atoms with Crippen molar-refractivity contribution in [1.82, 2.24) is 4.90 Å². The largest absolute Gasteiger partial charge is 0.507 e. The fraction of sp³-hybridized carbons (Fsp3) is 0.185. The number of carbonyl (C=O) groups is 2. The van der Waals surface area contributed by atoms with Gasteiger partial charge in [0.15, 0.2) is 0 Å². The quantitative estimate of drug-likeness (QED) is 0.307. The van der Waals surface area contributed by atoms with Gasteiger partial charge in [0.25, 0.3) is 11.7 Å². The molecule has 4 rings (SSSR count). The number of carbonyl (C=O) groups excluding carboxylic acids is 2. The highest BCUT2D eigenvalue weighted by atomic mass is 19.1. The third-order valence-electron chi connectivity index (χ3n) is 5.50. The number of ketones is 1. The van der Waals surface area contributed by atoms with Crippen LogP contribution in [-0.2, 0) is 16.1 Å². The van der Waals surface area contributed by atoms with Crippen LogP contribution in [0.4, 0.5) is 4.39 Å². The summed E-state index contributed by atoms with van der Waals surface area (Å²) < 4.78 is 19.3. The molecular weight excluding hydrogens is 421 g/mol. The second-order valence-corrected chi connectivity index (χ2v) is 7.84. The van der Waals surface area contributed by atoms with E-state index in [1.54, 1.807) is 24.3 Å². The predicted molar refractivity (Wildman–Crippen MR) is 123 cm³/mol. The molecule has 1 aliphatic rings. The Labute approximate surface area is 191 Å². The third-order valence-corrected chi connectivity index (χ3v) is 5.50. The Morgan fingerprint density at radius 2 is 1.73 bits per heavy atom. The smallest absolute Gasteiger partial charge is 0.295 e. The number of ether oxygens (including phenoxy) is 1. The van der Waals surface area contributed by atoms with Crippen LogP contribution in [-0.4, -0.2) is 28.3 Å². The number of hydrogen-bond donors (Lipinski definition) is 1. The molecule has 1 saturated heterocycles. The molecule has 168 valence electrons. The molecule has 6 heteroatoms. The summed E-state index contributed by atoms with van der Waals surface area (Å²) in [6.07, 6.45) is 0.825. The van der Waals surface area contributed by atoms with Gasteiger partial charge in [-0.05, 0) is 41.8 Å². The summed E-state index contributed by atoms with van der Waals surface area (Å²) in [4.78, 5) is 27.6. The lowest BCUT2D eigenvalue weighted by Gasteiger charge is -2.25. The van der Waals surface area contributed by atoms with Crippen molar-refractivity contribution in [2.45, 2.75) is 25.9 Å². The number of hydrogen-bond acceptors (Lipinski definition) is 4. The fourth-order valence-corrected chi connectivity index (χ4v) is 3.92. The number of aliphatic hydroxyl groups excluding tert-OH is 1. The first-order valence-electron chi connectivity index (χ1n) is 10.8. The molecule has 0 aliphatic carbocycles. The SMILES string of the molecule is CCCOc1cccc(C(O)=C2C(=O)C(=O)N(Cc3ccccc3)C2c2ccc(F)cc2)c1. The molecule has 1 fully saturated rings. The highest BCUT2D eigenvalue weighted by molar-refractivity contribution is 6.46. The van der Waals surface area contributed by atoms with Gasteiger partial charge in [-0.2, -0.15) is 0 Å². The van der Waals surface area contributed by atoms with Gasteiger partial charge in [0.05, 0.1) is 18.2 Å². The highest BCUT2D eigenvalue weighted by Gasteiger charge is 2.46. The average Bonchev–Trinajstić information content (AvgIpc) is 3.08. The Kier molecular flexibility index (Phi) is 6.54. The average molecular weight is 445 g/mol. The monoisotopic (exact) mass is 445 g/mol. The number of likely N-dealkylation sites (tertiary alicyclic amines) is 1. The molecule has 1 heterocycles. The minimum atomic E-state index is -0.856. The molecule has 33 heavy (non-hydrogen) atoms. The summed E-state index contributed by atoms with van der Waals surface area (Å²) in [7, 11) is 0. The third kappa shape index (κ3) is 4.65. The zero-order valence-corrected chi connectivity index (χ0v) is 18.2. The van der Waals surface area contributed by atoms with Gasteiger partial charge in [0, 0.05) is 12.1 Å². The van der Waals surface area contributed by atoms with Gasteiger partial charge in [-0.1, -0.05) is 61.5 Å². The Bertz CT molecular complexity index is 1190. The van der Waals surface area contributed by atoms with E-state index in [1.807, 2.05) is 37.3 Å². The van der Waals surface area contributed by atoms with Gasteiger partial charge < -0.3 is 14.7 Å². The molecular formula is C27H24FNO4. The summed E-state index contributed by atoms with van der Waals surface area (Å²) in [5.41, 5.74) is 1.71. The number of benzene rings is 3. The Morgan fingerprint density at radius 3 is 2.42 bits per heavy atom. The molecule has 1 aliphatic heterocycles. The molecule has 1 atom stereocenters. The van der Waals surface area contributed by atoms with Gasteiger partial charge in [-0.25, -0.2) is 4.39 Å². The number of halogens is 1. The van der Waals surface area contributed by atoms with Crippen LogP contribution in [0.2, 0.25) is 0 Å². The van der Waals surface area contributed by atoms with Gasteiger partial charge in [-0.3, -0.25) is 9.59 Å². The van der Waals surface area contributed by atoms with E-state index in [9.17, 15) is 19.1 Å². The first-order valence-corrected chi connectivity index (χ1v) is 10.8. The van der Waals surface area contributed by atoms with Crippen LogP contribution in [0.5, 0.6) is 5.75 Å². The minimum Gasteiger partial charge on any atom is -0.507 e. The summed E-state index contributed by atoms with van der Waals surface area (Å²) in [6, 6.07) is 20.8.